The summed E-state index contributed by atoms with van der Waals surface area (Å²) in [5.41, 5.74) is 3.13. The molecule has 2 aromatic carbocycles. The van der Waals surface area contributed by atoms with E-state index in [9.17, 15) is 4.79 Å². The molecule has 0 radical (unpaired) electrons. The van der Waals surface area contributed by atoms with Crippen LogP contribution in [-0.2, 0) is 0 Å². The Balaban J connectivity index is 1.43. The number of carbonyl (C=O) groups excluding carboxylic acids is 1. The average Bonchev–Trinajstić information content (AvgIpc) is 3.18. The van der Waals surface area contributed by atoms with Crippen molar-refractivity contribution in [3.63, 3.8) is 0 Å². The summed E-state index contributed by atoms with van der Waals surface area (Å²) in [6, 6.07) is 13.9. The molecule has 0 spiro atoms. The van der Waals surface area contributed by atoms with Crippen LogP contribution in [0.2, 0.25) is 0 Å². The van der Waals surface area contributed by atoms with E-state index in [0.717, 1.165) is 29.5 Å². The van der Waals surface area contributed by atoms with Gasteiger partial charge in [-0.3, -0.25) is 4.79 Å². The molecule has 29 heavy (non-hydrogen) atoms. The highest BCUT2D eigenvalue weighted by atomic mass is 32.1. The van der Waals surface area contributed by atoms with Crippen LogP contribution in [0.4, 0.5) is 5.13 Å². The van der Waals surface area contributed by atoms with E-state index < -0.39 is 0 Å². The van der Waals surface area contributed by atoms with Crippen molar-refractivity contribution in [1.29, 1.82) is 0 Å². The monoisotopic (exact) mass is 409 g/mol. The van der Waals surface area contributed by atoms with Gasteiger partial charge in [0.05, 0.1) is 16.8 Å². The maximum atomic E-state index is 12.8. The minimum atomic E-state index is 0.0825. The molecular weight excluding hydrogens is 382 g/mol. The van der Waals surface area contributed by atoms with E-state index in [0.29, 0.717) is 31.2 Å². The second-order valence-electron chi connectivity index (χ2n) is 7.58. The first-order chi connectivity index (χ1) is 14.1. The summed E-state index contributed by atoms with van der Waals surface area (Å²) >= 11 is 1.75. The second-order valence-corrected chi connectivity index (χ2v) is 8.59. The van der Waals surface area contributed by atoms with Crippen LogP contribution in [0.15, 0.2) is 42.5 Å². The number of aromatic nitrogens is 1. The molecule has 152 valence electrons. The molecule has 1 saturated heterocycles. The molecule has 1 aliphatic heterocycles. The molecule has 6 heteroatoms. The summed E-state index contributed by atoms with van der Waals surface area (Å²) in [7, 11) is 0. The van der Waals surface area contributed by atoms with Crippen molar-refractivity contribution < 1.29 is 9.53 Å². The Morgan fingerprint density at radius 2 is 1.83 bits per heavy atom. The summed E-state index contributed by atoms with van der Waals surface area (Å²) in [5, 5.41) is 1.06. The lowest BCUT2D eigenvalue weighted by molar-refractivity contribution is 0.0746. The van der Waals surface area contributed by atoms with E-state index in [1.54, 1.807) is 11.3 Å². The van der Waals surface area contributed by atoms with Gasteiger partial charge in [0, 0.05) is 31.7 Å². The molecule has 0 bridgehead atoms. The molecule has 0 unspecified atom stereocenters. The third kappa shape index (κ3) is 4.08. The van der Waals surface area contributed by atoms with Crippen molar-refractivity contribution in [2.45, 2.75) is 26.7 Å². The predicted octanol–water partition coefficient (Wildman–Crippen LogP) is 4.78. The predicted molar refractivity (Wildman–Crippen MR) is 119 cm³/mol. The number of fused-ring (bicyclic) bond motifs is 1. The molecule has 2 heterocycles. The number of piperazine rings is 1. The number of nitrogens with zero attached hydrogens (tertiary/aromatic N) is 3. The summed E-state index contributed by atoms with van der Waals surface area (Å²) in [5.74, 6) is 1.33. The fraction of sp³-hybridized carbons (Fsp3) is 0.391. The quantitative estimate of drug-likeness (QED) is 0.608. The molecule has 0 N–H and O–H groups in total. The highest BCUT2D eigenvalue weighted by molar-refractivity contribution is 7.22. The van der Waals surface area contributed by atoms with Crippen molar-refractivity contribution in [3.8, 4) is 5.75 Å². The van der Waals surface area contributed by atoms with Gasteiger partial charge in [0.25, 0.3) is 5.91 Å². The second kappa shape index (κ2) is 8.41. The smallest absolute Gasteiger partial charge is 0.253 e. The maximum Gasteiger partial charge on any atom is 0.253 e. The fourth-order valence-corrected chi connectivity index (χ4v) is 4.76. The first kappa shape index (κ1) is 19.7. The highest BCUT2D eigenvalue weighted by Gasteiger charge is 2.24. The number of carbonyl (C=O) groups is 1. The average molecular weight is 410 g/mol. The van der Waals surface area contributed by atoms with Crippen LogP contribution in [0.1, 0.15) is 42.6 Å². The molecule has 3 aromatic rings. The molecular formula is C23H27N3O2S. The number of thiazole rings is 1. The van der Waals surface area contributed by atoms with Crippen molar-refractivity contribution >= 4 is 32.6 Å². The molecule has 1 aromatic heterocycles. The van der Waals surface area contributed by atoms with Gasteiger partial charge in [-0.25, -0.2) is 4.98 Å². The van der Waals surface area contributed by atoms with Gasteiger partial charge >= 0.3 is 0 Å². The highest BCUT2D eigenvalue weighted by Crippen LogP contribution is 2.33. The lowest BCUT2D eigenvalue weighted by Crippen LogP contribution is -2.48. The van der Waals surface area contributed by atoms with Crippen LogP contribution >= 0.6 is 11.3 Å². The number of rotatable bonds is 5. The first-order valence-corrected chi connectivity index (χ1v) is 11.0. The number of hydrogen-bond donors (Lipinski definition) is 0. The van der Waals surface area contributed by atoms with Gasteiger partial charge in [-0.05, 0) is 48.7 Å². The van der Waals surface area contributed by atoms with Gasteiger partial charge in [-0.15, -0.1) is 0 Å². The molecule has 0 saturated carbocycles. The minimum Gasteiger partial charge on any atom is -0.494 e. The molecule has 5 nitrogen and oxygen atoms in total. The Kier molecular flexibility index (Phi) is 5.72. The topological polar surface area (TPSA) is 45.7 Å². The summed E-state index contributed by atoms with van der Waals surface area (Å²) in [4.78, 5) is 22.0. The van der Waals surface area contributed by atoms with Crippen molar-refractivity contribution in [3.05, 3.63) is 53.6 Å². The SMILES string of the molecule is CCOc1ccc(C(=O)N2CCN(c3nc4c(C(C)C)cccc4s3)CC2)cc1. The van der Waals surface area contributed by atoms with Crippen LogP contribution in [0.3, 0.4) is 0 Å². The van der Waals surface area contributed by atoms with E-state index in [1.165, 1.54) is 10.3 Å². The number of anilines is 1. The van der Waals surface area contributed by atoms with E-state index in [-0.39, 0.29) is 5.91 Å². The van der Waals surface area contributed by atoms with Gasteiger partial charge in [-0.1, -0.05) is 37.3 Å². The summed E-state index contributed by atoms with van der Waals surface area (Å²) in [6.07, 6.45) is 0. The van der Waals surface area contributed by atoms with Gasteiger partial charge in [0.1, 0.15) is 5.75 Å². The number of hydrogen-bond acceptors (Lipinski definition) is 5. The van der Waals surface area contributed by atoms with Crippen LogP contribution in [0.5, 0.6) is 5.75 Å². The van der Waals surface area contributed by atoms with Gasteiger partial charge in [-0.2, -0.15) is 0 Å². The Morgan fingerprint density at radius 3 is 2.48 bits per heavy atom. The van der Waals surface area contributed by atoms with Gasteiger partial charge in [0.15, 0.2) is 5.13 Å². The lowest BCUT2D eigenvalue weighted by atomic mass is 10.0. The largest absolute Gasteiger partial charge is 0.494 e. The normalized spacial score (nSPS) is 14.6. The Hall–Kier alpha value is -2.60. The van der Waals surface area contributed by atoms with Crippen LogP contribution < -0.4 is 9.64 Å². The molecule has 0 atom stereocenters. The van der Waals surface area contributed by atoms with E-state index in [4.69, 9.17) is 9.72 Å². The summed E-state index contributed by atoms with van der Waals surface area (Å²) in [6.45, 7) is 10.0. The molecule has 0 aliphatic carbocycles. The molecule has 1 fully saturated rings. The zero-order valence-corrected chi connectivity index (χ0v) is 18.0. The minimum absolute atomic E-state index is 0.0825. The van der Waals surface area contributed by atoms with Crippen molar-refractivity contribution in [2.24, 2.45) is 0 Å². The van der Waals surface area contributed by atoms with Crippen LogP contribution in [0.25, 0.3) is 10.2 Å². The van der Waals surface area contributed by atoms with E-state index >= 15 is 0 Å². The van der Waals surface area contributed by atoms with Crippen molar-refractivity contribution in [2.75, 3.05) is 37.7 Å². The van der Waals surface area contributed by atoms with E-state index in [1.807, 2.05) is 36.1 Å². The third-order valence-corrected chi connectivity index (χ3v) is 6.39. The Labute approximate surface area is 175 Å². The van der Waals surface area contributed by atoms with Crippen LogP contribution in [-0.4, -0.2) is 48.6 Å². The van der Waals surface area contributed by atoms with Gasteiger partial charge < -0.3 is 14.5 Å². The third-order valence-electron chi connectivity index (χ3n) is 5.31. The zero-order chi connectivity index (χ0) is 20.4. The number of benzene rings is 2. The number of para-hydroxylation sites is 1. The fourth-order valence-electron chi connectivity index (χ4n) is 3.70. The molecule has 1 amide bonds. The Bertz CT molecular complexity index is 989. The van der Waals surface area contributed by atoms with Gasteiger partial charge in [0.2, 0.25) is 0 Å². The maximum absolute atomic E-state index is 12.8. The standard InChI is InChI=1S/C23H27N3O2S/c1-4-28-18-10-8-17(9-11-18)22(27)25-12-14-26(15-13-25)23-24-21-19(16(2)3)6-5-7-20(21)29-23/h5-11,16H,4,12-15H2,1-3H3. The van der Waals surface area contributed by atoms with Crippen LogP contribution in [0, 0.1) is 0 Å². The number of amides is 1. The summed E-state index contributed by atoms with van der Waals surface area (Å²) < 4.78 is 6.70. The van der Waals surface area contributed by atoms with E-state index in [2.05, 4.69) is 36.9 Å². The lowest BCUT2D eigenvalue weighted by Gasteiger charge is -2.34. The van der Waals surface area contributed by atoms with Crippen molar-refractivity contribution in [1.82, 2.24) is 9.88 Å². The zero-order valence-electron chi connectivity index (χ0n) is 17.2. The molecule has 1 aliphatic rings. The molecule has 4 rings (SSSR count). The Morgan fingerprint density at radius 1 is 1.10 bits per heavy atom. The number of ether oxygens (including phenoxy) is 1. The first-order valence-electron chi connectivity index (χ1n) is 10.2.